The average molecular weight is 353 g/mol. The summed E-state index contributed by atoms with van der Waals surface area (Å²) in [6.45, 7) is 4.34. The van der Waals surface area contributed by atoms with Crippen LogP contribution in [0.4, 0.5) is 0 Å². The molecule has 1 rings (SSSR count). The predicted molar refractivity (Wildman–Crippen MR) is 75.0 cm³/mol. The van der Waals surface area contributed by atoms with Crippen LogP contribution in [-0.4, -0.2) is 25.5 Å². The Kier molecular flexibility index (Phi) is 6.08. The van der Waals surface area contributed by atoms with Crippen LogP contribution in [0.1, 0.15) is 17.3 Å². The second-order valence-corrected chi connectivity index (χ2v) is 4.81. The number of carbonyl (C=O) groups excluding carboxylic acids is 1. The van der Waals surface area contributed by atoms with Crippen molar-refractivity contribution in [3.05, 3.63) is 32.4 Å². The van der Waals surface area contributed by atoms with E-state index >= 15 is 0 Å². The van der Waals surface area contributed by atoms with Crippen molar-refractivity contribution < 1.29 is 4.79 Å². The Morgan fingerprint density at radius 3 is 2.81 bits per heavy atom. The van der Waals surface area contributed by atoms with E-state index in [2.05, 4.69) is 33.2 Å². The van der Waals surface area contributed by atoms with Crippen LogP contribution in [0.5, 0.6) is 0 Å². The minimum absolute atomic E-state index is 0.0868. The van der Waals surface area contributed by atoms with Crippen LogP contribution in [0.25, 0.3) is 0 Å². The first-order valence-electron chi connectivity index (χ1n) is 5.09. The summed E-state index contributed by atoms with van der Waals surface area (Å²) in [5.74, 6) is -0.0868. The Balaban J connectivity index is 2.50. The topological polar surface area (TPSA) is 41.1 Å². The molecule has 0 fully saturated rings. The smallest absolute Gasteiger partial charge is 0.251 e. The minimum Gasteiger partial charge on any atom is -0.351 e. The van der Waals surface area contributed by atoms with Crippen molar-refractivity contribution in [1.82, 2.24) is 10.6 Å². The van der Waals surface area contributed by atoms with Crippen molar-refractivity contribution in [1.29, 1.82) is 0 Å². The monoisotopic (exact) mass is 352 g/mol. The van der Waals surface area contributed by atoms with Gasteiger partial charge in [0.15, 0.2) is 0 Å². The SMILES string of the molecule is CCNCCNC(=O)c1ccc(I)c(Cl)c1. The van der Waals surface area contributed by atoms with Gasteiger partial charge in [0.2, 0.25) is 0 Å². The lowest BCUT2D eigenvalue weighted by atomic mass is 10.2. The van der Waals surface area contributed by atoms with Gasteiger partial charge >= 0.3 is 0 Å². The van der Waals surface area contributed by atoms with Gasteiger partial charge in [-0.1, -0.05) is 18.5 Å². The van der Waals surface area contributed by atoms with E-state index in [1.54, 1.807) is 12.1 Å². The van der Waals surface area contributed by atoms with E-state index in [1.165, 1.54) is 0 Å². The van der Waals surface area contributed by atoms with Crippen molar-refractivity contribution in [2.24, 2.45) is 0 Å². The Hall–Kier alpha value is -0.330. The summed E-state index contributed by atoms with van der Waals surface area (Å²) in [5, 5.41) is 6.56. The standard InChI is InChI=1S/C11H14ClIN2O/c1-2-14-5-6-15-11(16)8-3-4-10(13)9(12)7-8/h3-4,7,14H,2,5-6H2,1H3,(H,15,16). The van der Waals surface area contributed by atoms with Crippen LogP contribution in [0.2, 0.25) is 5.02 Å². The summed E-state index contributed by atoms with van der Waals surface area (Å²) >= 11 is 8.07. The number of hydrogen-bond donors (Lipinski definition) is 2. The first-order valence-corrected chi connectivity index (χ1v) is 6.54. The van der Waals surface area contributed by atoms with E-state index in [0.717, 1.165) is 16.7 Å². The first kappa shape index (κ1) is 13.7. The fourth-order valence-corrected chi connectivity index (χ4v) is 1.70. The van der Waals surface area contributed by atoms with Gasteiger partial charge in [-0.15, -0.1) is 0 Å². The highest BCUT2D eigenvalue weighted by atomic mass is 127. The second-order valence-electron chi connectivity index (χ2n) is 3.24. The zero-order valence-corrected chi connectivity index (χ0v) is 11.9. The van der Waals surface area contributed by atoms with Gasteiger partial charge in [0, 0.05) is 22.2 Å². The summed E-state index contributed by atoms with van der Waals surface area (Å²) in [6.07, 6.45) is 0. The van der Waals surface area contributed by atoms with E-state index in [-0.39, 0.29) is 5.91 Å². The van der Waals surface area contributed by atoms with Crippen LogP contribution >= 0.6 is 34.2 Å². The van der Waals surface area contributed by atoms with E-state index < -0.39 is 0 Å². The van der Waals surface area contributed by atoms with Gasteiger partial charge in [-0.25, -0.2) is 0 Å². The third-order valence-corrected chi connectivity index (χ3v) is 3.59. The lowest BCUT2D eigenvalue weighted by Gasteiger charge is -2.06. The predicted octanol–water partition coefficient (Wildman–Crippen LogP) is 2.28. The van der Waals surface area contributed by atoms with Crippen molar-refractivity contribution in [2.45, 2.75) is 6.92 Å². The number of rotatable bonds is 5. The third-order valence-electron chi connectivity index (χ3n) is 2.02. The highest BCUT2D eigenvalue weighted by molar-refractivity contribution is 14.1. The molecule has 1 aromatic carbocycles. The molecule has 0 spiro atoms. The fourth-order valence-electron chi connectivity index (χ4n) is 1.18. The number of carbonyl (C=O) groups is 1. The van der Waals surface area contributed by atoms with E-state index in [9.17, 15) is 4.79 Å². The number of hydrogen-bond acceptors (Lipinski definition) is 2. The van der Waals surface area contributed by atoms with Crippen molar-refractivity contribution >= 4 is 40.1 Å². The molecule has 0 aliphatic rings. The van der Waals surface area contributed by atoms with E-state index in [0.29, 0.717) is 17.1 Å². The molecular weight excluding hydrogens is 338 g/mol. The van der Waals surface area contributed by atoms with Crippen LogP contribution in [-0.2, 0) is 0 Å². The summed E-state index contributed by atoms with van der Waals surface area (Å²) in [7, 11) is 0. The lowest BCUT2D eigenvalue weighted by molar-refractivity contribution is 0.0954. The third kappa shape index (κ3) is 4.27. The number of benzene rings is 1. The fraction of sp³-hybridized carbons (Fsp3) is 0.364. The molecule has 16 heavy (non-hydrogen) atoms. The summed E-state index contributed by atoms with van der Waals surface area (Å²) < 4.78 is 0.948. The van der Waals surface area contributed by atoms with Gasteiger partial charge in [-0.2, -0.15) is 0 Å². The highest BCUT2D eigenvalue weighted by Crippen LogP contribution is 2.19. The molecule has 2 N–H and O–H groups in total. The molecule has 5 heteroatoms. The molecule has 3 nitrogen and oxygen atoms in total. The van der Waals surface area contributed by atoms with E-state index in [4.69, 9.17) is 11.6 Å². The molecule has 0 heterocycles. The molecule has 0 atom stereocenters. The van der Waals surface area contributed by atoms with Crippen LogP contribution < -0.4 is 10.6 Å². The molecular formula is C11H14ClIN2O. The largest absolute Gasteiger partial charge is 0.351 e. The van der Waals surface area contributed by atoms with Crippen molar-refractivity contribution in [3.63, 3.8) is 0 Å². The second kappa shape index (κ2) is 7.09. The molecule has 0 bridgehead atoms. The van der Waals surface area contributed by atoms with Gasteiger partial charge < -0.3 is 10.6 Å². The van der Waals surface area contributed by atoms with Gasteiger partial charge in [0.25, 0.3) is 5.91 Å². The zero-order chi connectivity index (χ0) is 12.0. The minimum atomic E-state index is -0.0868. The molecule has 0 unspecified atom stereocenters. The van der Waals surface area contributed by atoms with Gasteiger partial charge in [0.05, 0.1) is 5.02 Å². The molecule has 1 aromatic rings. The first-order chi connectivity index (χ1) is 7.65. The molecule has 0 aliphatic heterocycles. The Labute approximate surface area is 114 Å². The van der Waals surface area contributed by atoms with Crippen LogP contribution in [0, 0.1) is 3.57 Å². The summed E-state index contributed by atoms with van der Waals surface area (Å²) in [4.78, 5) is 11.7. The summed E-state index contributed by atoms with van der Waals surface area (Å²) in [6, 6.07) is 5.30. The Morgan fingerprint density at radius 1 is 1.44 bits per heavy atom. The number of nitrogens with one attached hydrogen (secondary N) is 2. The van der Waals surface area contributed by atoms with Crippen LogP contribution in [0.15, 0.2) is 18.2 Å². The molecule has 0 aromatic heterocycles. The van der Waals surface area contributed by atoms with Gasteiger partial charge in [-0.3, -0.25) is 4.79 Å². The van der Waals surface area contributed by atoms with E-state index in [1.807, 2.05) is 13.0 Å². The molecule has 0 saturated carbocycles. The van der Waals surface area contributed by atoms with Gasteiger partial charge in [-0.05, 0) is 47.3 Å². The van der Waals surface area contributed by atoms with Gasteiger partial charge in [0.1, 0.15) is 0 Å². The summed E-state index contributed by atoms with van der Waals surface area (Å²) in [5.41, 5.74) is 0.599. The normalized spacial score (nSPS) is 10.2. The number of amides is 1. The average Bonchev–Trinajstić information content (AvgIpc) is 2.28. The van der Waals surface area contributed by atoms with Crippen LogP contribution in [0.3, 0.4) is 0 Å². The number of likely N-dealkylation sites (N-methyl/N-ethyl adjacent to an activating group) is 1. The Morgan fingerprint density at radius 2 is 2.19 bits per heavy atom. The molecule has 1 amide bonds. The maximum Gasteiger partial charge on any atom is 0.251 e. The molecule has 88 valence electrons. The lowest BCUT2D eigenvalue weighted by Crippen LogP contribution is -2.31. The van der Waals surface area contributed by atoms with Crippen molar-refractivity contribution in [2.75, 3.05) is 19.6 Å². The molecule has 0 aliphatic carbocycles. The number of halogens is 2. The highest BCUT2D eigenvalue weighted by Gasteiger charge is 2.06. The van der Waals surface area contributed by atoms with Crippen molar-refractivity contribution in [3.8, 4) is 0 Å². The zero-order valence-electron chi connectivity index (χ0n) is 9.02. The molecule has 0 radical (unpaired) electrons. The maximum absolute atomic E-state index is 11.7. The Bertz CT molecular complexity index is 371. The maximum atomic E-state index is 11.7. The molecule has 0 saturated heterocycles. The quantitative estimate of drug-likeness (QED) is 0.630.